The van der Waals surface area contributed by atoms with Gasteiger partial charge in [-0.05, 0) is 48.9 Å². The van der Waals surface area contributed by atoms with Gasteiger partial charge in [0.25, 0.3) is 0 Å². The van der Waals surface area contributed by atoms with E-state index >= 15 is 0 Å². The number of anilines is 1. The molecule has 23 heavy (non-hydrogen) atoms. The highest BCUT2D eigenvalue weighted by Gasteiger charge is 2.08. The molecule has 1 aromatic carbocycles. The van der Waals surface area contributed by atoms with Crippen LogP contribution in [0.5, 0.6) is 5.75 Å². The summed E-state index contributed by atoms with van der Waals surface area (Å²) in [7, 11) is 0. The van der Waals surface area contributed by atoms with Gasteiger partial charge in [-0.25, -0.2) is 4.79 Å². The van der Waals surface area contributed by atoms with Crippen LogP contribution in [0.2, 0.25) is 0 Å². The number of allylic oxidation sites excluding steroid dienone is 1. The average Bonchev–Trinajstić information content (AvgIpc) is 2.55. The molecule has 1 amide bonds. The zero-order valence-corrected chi connectivity index (χ0v) is 12.5. The lowest BCUT2D eigenvalue weighted by Gasteiger charge is -2.09. The van der Waals surface area contributed by atoms with E-state index in [9.17, 15) is 14.7 Å². The van der Waals surface area contributed by atoms with E-state index in [1.54, 1.807) is 31.2 Å². The second kappa shape index (κ2) is 7.74. The smallest absolute Gasteiger partial charge is 0.411 e. The number of nitrogens with one attached hydrogen (secondary N) is 1. The Morgan fingerprint density at radius 3 is 2.83 bits per heavy atom. The van der Waals surface area contributed by atoms with Crippen molar-refractivity contribution in [2.24, 2.45) is 0 Å². The molecule has 0 aliphatic carbocycles. The molecule has 0 unspecified atom stereocenters. The number of amides is 1. The number of benzene rings is 1. The standard InChI is InChI=1S/C17H16N2O4/c1-2-23-17(22)19-15-11-13(20)8-6-12(15)7-9-16(21)14-5-3-4-10-18-14/h3-11,20H,2H2,1H3,(H,19,22)/b9-7+. The number of ketones is 1. The Kier molecular flexibility index (Phi) is 5.46. The maximum atomic E-state index is 12.0. The second-order valence-electron chi connectivity index (χ2n) is 4.53. The zero-order valence-electron chi connectivity index (χ0n) is 12.5. The van der Waals surface area contributed by atoms with Crippen LogP contribution in [0, 0.1) is 0 Å². The van der Waals surface area contributed by atoms with Gasteiger partial charge in [-0.3, -0.25) is 15.1 Å². The molecular weight excluding hydrogens is 296 g/mol. The van der Waals surface area contributed by atoms with E-state index in [4.69, 9.17) is 4.74 Å². The van der Waals surface area contributed by atoms with Gasteiger partial charge in [0.05, 0.1) is 12.3 Å². The highest BCUT2D eigenvalue weighted by Crippen LogP contribution is 2.23. The lowest BCUT2D eigenvalue weighted by Crippen LogP contribution is -2.14. The maximum absolute atomic E-state index is 12.0. The number of ether oxygens (including phenoxy) is 1. The van der Waals surface area contributed by atoms with Crippen molar-refractivity contribution < 1.29 is 19.4 Å². The minimum Gasteiger partial charge on any atom is -0.508 e. The monoisotopic (exact) mass is 312 g/mol. The third-order valence-corrected chi connectivity index (χ3v) is 2.88. The number of aromatic hydroxyl groups is 1. The largest absolute Gasteiger partial charge is 0.508 e. The van der Waals surface area contributed by atoms with E-state index in [1.807, 2.05) is 0 Å². The second-order valence-corrected chi connectivity index (χ2v) is 4.53. The van der Waals surface area contributed by atoms with Gasteiger partial charge in [-0.2, -0.15) is 0 Å². The number of phenolic OH excluding ortho intramolecular Hbond substituents is 1. The molecule has 1 heterocycles. The van der Waals surface area contributed by atoms with Crippen LogP contribution in [0.25, 0.3) is 6.08 Å². The zero-order chi connectivity index (χ0) is 16.7. The number of hydrogen-bond acceptors (Lipinski definition) is 5. The van der Waals surface area contributed by atoms with Crippen molar-refractivity contribution in [1.29, 1.82) is 0 Å². The lowest BCUT2D eigenvalue weighted by atomic mass is 10.1. The van der Waals surface area contributed by atoms with Gasteiger partial charge in [0, 0.05) is 12.3 Å². The lowest BCUT2D eigenvalue weighted by molar-refractivity contribution is 0.104. The molecule has 0 radical (unpaired) electrons. The Labute approximate surface area is 133 Å². The van der Waals surface area contributed by atoms with Gasteiger partial charge in [-0.1, -0.05) is 6.07 Å². The first-order valence-corrected chi connectivity index (χ1v) is 7.00. The summed E-state index contributed by atoms with van der Waals surface area (Å²) in [6.45, 7) is 1.92. The van der Waals surface area contributed by atoms with Crippen molar-refractivity contribution in [3.8, 4) is 5.75 Å². The molecule has 0 fully saturated rings. The fourth-order valence-electron chi connectivity index (χ4n) is 1.83. The number of pyridine rings is 1. The van der Waals surface area contributed by atoms with Crippen LogP contribution in [0.15, 0.2) is 48.7 Å². The van der Waals surface area contributed by atoms with Crippen LogP contribution in [-0.4, -0.2) is 28.6 Å². The van der Waals surface area contributed by atoms with Gasteiger partial charge in [-0.15, -0.1) is 0 Å². The highest BCUT2D eigenvalue weighted by atomic mass is 16.5. The normalized spacial score (nSPS) is 10.5. The Morgan fingerprint density at radius 1 is 1.30 bits per heavy atom. The topological polar surface area (TPSA) is 88.5 Å². The number of nitrogens with zero attached hydrogens (tertiary/aromatic N) is 1. The Balaban J connectivity index is 2.20. The third kappa shape index (κ3) is 4.67. The molecule has 1 aromatic heterocycles. The first-order valence-electron chi connectivity index (χ1n) is 7.00. The molecule has 0 bridgehead atoms. The summed E-state index contributed by atoms with van der Waals surface area (Å²) in [6, 6.07) is 9.48. The van der Waals surface area contributed by atoms with E-state index in [1.165, 1.54) is 30.5 Å². The van der Waals surface area contributed by atoms with Gasteiger partial charge in [0.15, 0.2) is 0 Å². The van der Waals surface area contributed by atoms with Crippen LogP contribution in [0.3, 0.4) is 0 Å². The Bertz CT molecular complexity index is 727. The third-order valence-electron chi connectivity index (χ3n) is 2.88. The molecule has 0 saturated carbocycles. The van der Waals surface area contributed by atoms with Crippen molar-refractivity contribution >= 4 is 23.6 Å². The van der Waals surface area contributed by atoms with Gasteiger partial charge in [0.2, 0.25) is 5.78 Å². The fourth-order valence-corrected chi connectivity index (χ4v) is 1.83. The minimum absolute atomic E-state index is 0.00926. The quantitative estimate of drug-likeness (QED) is 0.653. The summed E-state index contributed by atoms with van der Waals surface area (Å²) in [5.74, 6) is -0.272. The SMILES string of the molecule is CCOC(=O)Nc1cc(O)ccc1/C=C/C(=O)c1ccccn1. The molecule has 0 saturated heterocycles. The molecular formula is C17H16N2O4. The molecule has 2 aromatic rings. The fraction of sp³-hybridized carbons (Fsp3) is 0.118. The molecule has 0 aliphatic heterocycles. The molecule has 0 spiro atoms. The molecule has 0 atom stereocenters. The molecule has 118 valence electrons. The first kappa shape index (κ1) is 16.2. The summed E-state index contributed by atoms with van der Waals surface area (Å²) in [6.07, 6.45) is 3.79. The van der Waals surface area contributed by atoms with Crippen molar-refractivity contribution in [2.75, 3.05) is 11.9 Å². The highest BCUT2D eigenvalue weighted by molar-refractivity contribution is 6.06. The van der Waals surface area contributed by atoms with E-state index < -0.39 is 6.09 Å². The summed E-state index contributed by atoms with van der Waals surface area (Å²) >= 11 is 0. The van der Waals surface area contributed by atoms with Crippen LogP contribution < -0.4 is 5.32 Å². The predicted octanol–water partition coefficient (Wildman–Crippen LogP) is 3.25. The van der Waals surface area contributed by atoms with Crippen molar-refractivity contribution in [3.05, 3.63) is 59.9 Å². The molecule has 0 aliphatic rings. The van der Waals surface area contributed by atoms with Gasteiger partial charge in [0.1, 0.15) is 11.4 Å². The number of aromatic nitrogens is 1. The average molecular weight is 312 g/mol. The van der Waals surface area contributed by atoms with E-state index in [-0.39, 0.29) is 18.1 Å². The predicted molar refractivity (Wildman–Crippen MR) is 86.4 cm³/mol. The molecule has 6 nitrogen and oxygen atoms in total. The number of hydrogen-bond donors (Lipinski definition) is 2. The maximum Gasteiger partial charge on any atom is 0.411 e. The number of rotatable bonds is 5. The van der Waals surface area contributed by atoms with Gasteiger partial charge >= 0.3 is 6.09 Å². The van der Waals surface area contributed by atoms with Gasteiger partial charge < -0.3 is 9.84 Å². The Morgan fingerprint density at radius 2 is 2.13 bits per heavy atom. The van der Waals surface area contributed by atoms with Crippen LogP contribution in [0.4, 0.5) is 10.5 Å². The summed E-state index contributed by atoms with van der Waals surface area (Å²) in [5.41, 5.74) is 1.22. The summed E-state index contributed by atoms with van der Waals surface area (Å²) < 4.78 is 4.80. The van der Waals surface area contributed by atoms with Crippen LogP contribution in [-0.2, 0) is 4.74 Å². The van der Waals surface area contributed by atoms with Crippen LogP contribution in [0.1, 0.15) is 23.0 Å². The molecule has 2 N–H and O–H groups in total. The van der Waals surface area contributed by atoms with Crippen molar-refractivity contribution in [1.82, 2.24) is 4.98 Å². The molecule has 6 heteroatoms. The number of phenols is 1. The summed E-state index contributed by atoms with van der Waals surface area (Å²) in [4.78, 5) is 27.5. The van der Waals surface area contributed by atoms with E-state index in [2.05, 4.69) is 10.3 Å². The van der Waals surface area contributed by atoms with Crippen molar-refractivity contribution in [2.45, 2.75) is 6.92 Å². The molecule has 2 rings (SSSR count). The van der Waals surface area contributed by atoms with Crippen LogP contribution >= 0.6 is 0 Å². The first-order chi connectivity index (χ1) is 11.1. The van der Waals surface area contributed by atoms with E-state index in [0.717, 1.165) is 0 Å². The Hall–Kier alpha value is -3.15. The van der Waals surface area contributed by atoms with Crippen molar-refractivity contribution in [3.63, 3.8) is 0 Å². The summed E-state index contributed by atoms with van der Waals surface area (Å²) in [5, 5.41) is 12.1. The number of carbonyl (C=O) groups excluding carboxylic acids is 2. The van der Waals surface area contributed by atoms with E-state index in [0.29, 0.717) is 16.9 Å². The number of carbonyl (C=O) groups is 2. The minimum atomic E-state index is -0.635.